The standard InChI is InChI=1S/C19H40O2/c1-5-7-8-9-10-11-12-13-14-15-16-20-17-18-21-19(3,4)6-2/h5-18H2,1-4H3. The third-order valence-corrected chi connectivity index (χ3v) is 4.21. The molecule has 0 aliphatic carbocycles. The van der Waals surface area contributed by atoms with E-state index in [2.05, 4.69) is 27.7 Å². The molecular formula is C19H40O2. The van der Waals surface area contributed by atoms with Crippen molar-refractivity contribution < 1.29 is 9.47 Å². The molecule has 0 radical (unpaired) electrons. The van der Waals surface area contributed by atoms with Gasteiger partial charge in [0.15, 0.2) is 0 Å². The molecule has 128 valence electrons. The van der Waals surface area contributed by atoms with Crippen LogP contribution in [0, 0.1) is 0 Å². The summed E-state index contributed by atoms with van der Waals surface area (Å²) >= 11 is 0. The summed E-state index contributed by atoms with van der Waals surface area (Å²) in [6.07, 6.45) is 14.8. The van der Waals surface area contributed by atoms with E-state index >= 15 is 0 Å². The molecule has 2 nitrogen and oxygen atoms in total. The van der Waals surface area contributed by atoms with Crippen LogP contribution in [0.2, 0.25) is 0 Å². The second-order valence-electron chi connectivity index (χ2n) is 6.76. The van der Waals surface area contributed by atoms with Crippen LogP contribution in [-0.2, 0) is 9.47 Å². The van der Waals surface area contributed by atoms with Crippen LogP contribution in [0.15, 0.2) is 0 Å². The number of unbranched alkanes of at least 4 members (excludes halogenated alkanes) is 9. The number of ether oxygens (including phenoxy) is 2. The Labute approximate surface area is 134 Å². The first-order valence-electron chi connectivity index (χ1n) is 9.34. The van der Waals surface area contributed by atoms with E-state index in [1.807, 2.05) is 0 Å². The molecule has 0 heterocycles. The monoisotopic (exact) mass is 300 g/mol. The average Bonchev–Trinajstić information content (AvgIpc) is 2.47. The zero-order valence-electron chi connectivity index (χ0n) is 15.2. The fourth-order valence-electron chi connectivity index (χ4n) is 2.27. The van der Waals surface area contributed by atoms with Gasteiger partial charge in [-0.05, 0) is 26.7 Å². The van der Waals surface area contributed by atoms with E-state index in [0.29, 0.717) is 0 Å². The maximum atomic E-state index is 5.75. The van der Waals surface area contributed by atoms with Gasteiger partial charge in [-0.25, -0.2) is 0 Å². The van der Waals surface area contributed by atoms with Crippen molar-refractivity contribution in [3.63, 3.8) is 0 Å². The summed E-state index contributed by atoms with van der Waals surface area (Å²) in [5.41, 5.74) is 0.000485. The van der Waals surface area contributed by atoms with E-state index in [9.17, 15) is 0 Å². The van der Waals surface area contributed by atoms with Gasteiger partial charge < -0.3 is 9.47 Å². The minimum Gasteiger partial charge on any atom is -0.379 e. The molecule has 0 aliphatic rings. The van der Waals surface area contributed by atoms with Gasteiger partial charge in [-0.2, -0.15) is 0 Å². The maximum absolute atomic E-state index is 5.75. The number of hydrogen-bond acceptors (Lipinski definition) is 2. The van der Waals surface area contributed by atoms with Gasteiger partial charge in [-0.1, -0.05) is 71.6 Å². The highest BCUT2D eigenvalue weighted by Gasteiger charge is 2.14. The molecule has 2 heteroatoms. The third kappa shape index (κ3) is 16.1. The van der Waals surface area contributed by atoms with Crippen molar-refractivity contribution in [2.24, 2.45) is 0 Å². The molecule has 0 N–H and O–H groups in total. The van der Waals surface area contributed by atoms with E-state index in [0.717, 1.165) is 26.2 Å². The molecule has 0 amide bonds. The fourth-order valence-corrected chi connectivity index (χ4v) is 2.27. The first-order chi connectivity index (χ1) is 10.1. The summed E-state index contributed by atoms with van der Waals surface area (Å²) in [5, 5.41) is 0. The Bertz CT molecular complexity index is 202. The van der Waals surface area contributed by atoms with Crippen molar-refractivity contribution in [3.05, 3.63) is 0 Å². The van der Waals surface area contributed by atoms with Crippen LogP contribution in [0.1, 0.15) is 98.3 Å². The number of hydrogen-bond donors (Lipinski definition) is 0. The van der Waals surface area contributed by atoms with Crippen molar-refractivity contribution in [2.75, 3.05) is 19.8 Å². The molecule has 0 spiro atoms. The minimum absolute atomic E-state index is 0.000485. The molecule has 0 aromatic rings. The molecule has 0 atom stereocenters. The molecule has 0 bridgehead atoms. The Morgan fingerprint density at radius 3 is 1.67 bits per heavy atom. The van der Waals surface area contributed by atoms with Crippen LogP contribution in [0.5, 0.6) is 0 Å². The van der Waals surface area contributed by atoms with Gasteiger partial charge in [0.25, 0.3) is 0 Å². The fraction of sp³-hybridized carbons (Fsp3) is 1.00. The molecule has 0 unspecified atom stereocenters. The van der Waals surface area contributed by atoms with Gasteiger partial charge in [-0.15, -0.1) is 0 Å². The van der Waals surface area contributed by atoms with Gasteiger partial charge in [-0.3, -0.25) is 0 Å². The molecule has 0 aromatic heterocycles. The lowest BCUT2D eigenvalue weighted by Gasteiger charge is -2.23. The summed E-state index contributed by atoms with van der Waals surface area (Å²) in [6, 6.07) is 0. The summed E-state index contributed by atoms with van der Waals surface area (Å²) in [7, 11) is 0. The van der Waals surface area contributed by atoms with E-state index in [-0.39, 0.29) is 5.60 Å². The highest BCUT2D eigenvalue weighted by molar-refractivity contribution is 4.64. The van der Waals surface area contributed by atoms with Crippen LogP contribution in [-0.4, -0.2) is 25.4 Å². The highest BCUT2D eigenvalue weighted by Crippen LogP contribution is 2.13. The smallest absolute Gasteiger partial charge is 0.0707 e. The molecule has 0 fully saturated rings. The SMILES string of the molecule is CCCCCCCCCCCCOCCOC(C)(C)CC. The summed E-state index contributed by atoms with van der Waals surface area (Å²) in [6.45, 7) is 11.1. The van der Waals surface area contributed by atoms with Crippen LogP contribution >= 0.6 is 0 Å². The minimum atomic E-state index is 0.000485. The summed E-state index contributed by atoms with van der Waals surface area (Å²) in [4.78, 5) is 0. The molecule has 21 heavy (non-hydrogen) atoms. The lowest BCUT2D eigenvalue weighted by atomic mass is 10.1. The van der Waals surface area contributed by atoms with Gasteiger partial charge in [0.05, 0.1) is 18.8 Å². The third-order valence-electron chi connectivity index (χ3n) is 4.21. The molecule has 0 saturated carbocycles. The molecule has 0 aliphatic heterocycles. The van der Waals surface area contributed by atoms with Crippen molar-refractivity contribution in [1.29, 1.82) is 0 Å². The normalized spacial score (nSPS) is 12.0. The Hall–Kier alpha value is -0.0800. The summed E-state index contributed by atoms with van der Waals surface area (Å²) < 4.78 is 11.4. The van der Waals surface area contributed by atoms with Crippen LogP contribution < -0.4 is 0 Å². The van der Waals surface area contributed by atoms with Crippen LogP contribution in [0.3, 0.4) is 0 Å². The zero-order chi connectivity index (χ0) is 15.8. The maximum Gasteiger partial charge on any atom is 0.0707 e. The Kier molecular flexibility index (Phi) is 14.8. The first-order valence-corrected chi connectivity index (χ1v) is 9.34. The van der Waals surface area contributed by atoms with Crippen molar-refractivity contribution >= 4 is 0 Å². The Morgan fingerprint density at radius 1 is 0.619 bits per heavy atom. The van der Waals surface area contributed by atoms with E-state index < -0.39 is 0 Å². The predicted octanol–water partition coefficient (Wildman–Crippen LogP) is 6.13. The topological polar surface area (TPSA) is 18.5 Å². The Balaban J connectivity index is 3.06. The van der Waals surface area contributed by atoms with Crippen molar-refractivity contribution in [3.8, 4) is 0 Å². The molecular weight excluding hydrogens is 260 g/mol. The van der Waals surface area contributed by atoms with E-state index in [1.54, 1.807) is 0 Å². The molecule has 0 rings (SSSR count). The van der Waals surface area contributed by atoms with E-state index in [4.69, 9.17) is 9.47 Å². The molecule has 0 aromatic carbocycles. The highest BCUT2D eigenvalue weighted by atomic mass is 16.5. The van der Waals surface area contributed by atoms with E-state index in [1.165, 1.54) is 64.2 Å². The predicted molar refractivity (Wildman–Crippen MR) is 93.0 cm³/mol. The van der Waals surface area contributed by atoms with Gasteiger partial charge >= 0.3 is 0 Å². The van der Waals surface area contributed by atoms with Gasteiger partial charge in [0.2, 0.25) is 0 Å². The summed E-state index contributed by atoms with van der Waals surface area (Å²) in [5.74, 6) is 0. The lowest BCUT2D eigenvalue weighted by Crippen LogP contribution is -2.25. The first kappa shape index (κ1) is 20.9. The quantitative estimate of drug-likeness (QED) is 0.319. The van der Waals surface area contributed by atoms with Gasteiger partial charge in [0, 0.05) is 6.61 Å². The average molecular weight is 301 g/mol. The molecule has 0 saturated heterocycles. The van der Waals surface area contributed by atoms with Gasteiger partial charge in [0.1, 0.15) is 0 Å². The Morgan fingerprint density at radius 2 is 1.14 bits per heavy atom. The van der Waals surface area contributed by atoms with Crippen LogP contribution in [0.25, 0.3) is 0 Å². The second kappa shape index (κ2) is 14.8. The zero-order valence-corrected chi connectivity index (χ0v) is 15.2. The largest absolute Gasteiger partial charge is 0.379 e. The lowest BCUT2D eigenvalue weighted by molar-refractivity contribution is -0.0478. The van der Waals surface area contributed by atoms with Crippen LogP contribution in [0.4, 0.5) is 0 Å². The second-order valence-corrected chi connectivity index (χ2v) is 6.76. The number of rotatable bonds is 16. The van der Waals surface area contributed by atoms with Crippen molar-refractivity contribution in [1.82, 2.24) is 0 Å². The van der Waals surface area contributed by atoms with Crippen molar-refractivity contribution in [2.45, 2.75) is 104 Å².